The second-order valence-corrected chi connectivity index (χ2v) is 6.06. The molecule has 122 valence electrons. The van der Waals surface area contributed by atoms with E-state index in [-0.39, 0.29) is 12.1 Å². The fourth-order valence-electron chi connectivity index (χ4n) is 3.48. The van der Waals surface area contributed by atoms with Gasteiger partial charge in [-0.25, -0.2) is 0 Å². The van der Waals surface area contributed by atoms with E-state index in [0.29, 0.717) is 0 Å². The molecule has 1 aliphatic heterocycles. The first kappa shape index (κ1) is 16.5. The van der Waals surface area contributed by atoms with Crippen molar-refractivity contribution < 1.29 is 18.0 Å². The predicted molar refractivity (Wildman–Crippen MR) is 73.9 cm³/mol. The summed E-state index contributed by atoms with van der Waals surface area (Å²) < 4.78 is 37.2. The van der Waals surface area contributed by atoms with E-state index in [1.54, 1.807) is 0 Å². The molecule has 0 bridgehead atoms. The summed E-state index contributed by atoms with van der Waals surface area (Å²) in [5, 5.41) is 5.40. The molecule has 1 aliphatic carbocycles. The zero-order valence-corrected chi connectivity index (χ0v) is 12.3. The Kier molecular flexibility index (Phi) is 5.48. The zero-order valence-electron chi connectivity index (χ0n) is 12.3. The molecule has 2 N–H and O–H groups in total. The number of nitrogens with one attached hydrogen (secondary N) is 2. The number of hydrogen-bond donors (Lipinski definition) is 2. The number of amides is 1. The molecule has 4 nitrogen and oxygen atoms in total. The lowest BCUT2D eigenvalue weighted by molar-refractivity contribution is -0.174. The van der Waals surface area contributed by atoms with Crippen molar-refractivity contribution in [1.82, 2.24) is 15.5 Å². The lowest BCUT2D eigenvalue weighted by Gasteiger charge is -2.46. The molecule has 1 heterocycles. The molecule has 0 aromatic heterocycles. The summed E-state index contributed by atoms with van der Waals surface area (Å²) in [6.45, 7) is 3.49. The van der Waals surface area contributed by atoms with Gasteiger partial charge in [0.15, 0.2) is 0 Å². The molecule has 0 spiro atoms. The Bertz CT molecular complexity index is 346. The first-order valence-corrected chi connectivity index (χ1v) is 7.75. The van der Waals surface area contributed by atoms with Crippen LogP contribution < -0.4 is 10.6 Å². The molecule has 2 aliphatic rings. The van der Waals surface area contributed by atoms with Gasteiger partial charge in [-0.2, -0.15) is 13.2 Å². The van der Waals surface area contributed by atoms with Crippen LogP contribution in [0.15, 0.2) is 0 Å². The number of carbonyl (C=O) groups is 1. The Hall–Kier alpha value is -0.820. The van der Waals surface area contributed by atoms with Crippen molar-refractivity contribution in [3.8, 4) is 0 Å². The topological polar surface area (TPSA) is 44.4 Å². The maximum absolute atomic E-state index is 12.4. The van der Waals surface area contributed by atoms with Gasteiger partial charge in [-0.3, -0.25) is 9.69 Å². The van der Waals surface area contributed by atoms with Gasteiger partial charge in [-0.1, -0.05) is 25.7 Å². The van der Waals surface area contributed by atoms with Gasteiger partial charge in [-0.05, 0) is 12.8 Å². The highest BCUT2D eigenvalue weighted by atomic mass is 19.4. The number of halogens is 3. The summed E-state index contributed by atoms with van der Waals surface area (Å²) in [5.74, 6) is -1.82. The molecule has 0 radical (unpaired) electrons. The fraction of sp³-hybridized carbons (Fsp3) is 0.929. The largest absolute Gasteiger partial charge is 0.471 e. The van der Waals surface area contributed by atoms with E-state index in [1.807, 2.05) is 0 Å². The Balaban J connectivity index is 2.05. The van der Waals surface area contributed by atoms with E-state index in [1.165, 1.54) is 0 Å². The molecule has 2 rings (SSSR count). The molecule has 0 aromatic rings. The monoisotopic (exact) mass is 307 g/mol. The first-order valence-electron chi connectivity index (χ1n) is 7.75. The molecule has 0 aromatic carbocycles. The summed E-state index contributed by atoms with van der Waals surface area (Å²) in [7, 11) is 0. The maximum Gasteiger partial charge on any atom is 0.471 e. The van der Waals surface area contributed by atoms with Gasteiger partial charge in [0, 0.05) is 38.3 Å². The summed E-state index contributed by atoms with van der Waals surface area (Å²) in [4.78, 5) is 13.4. The third kappa shape index (κ3) is 4.32. The van der Waals surface area contributed by atoms with Crippen LogP contribution in [-0.2, 0) is 4.79 Å². The fourth-order valence-corrected chi connectivity index (χ4v) is 3.48. The van der Waals surface area contributed by atoms with Crippen molar-refractivity contribution >= 4 is 5.91 Å². The van der Waals surface area contributed by atoms with Gasteiger partial charge in [0.2, 0.25) is 0 Å². The SMILES string of the molecule is O=C(NCC1(N2CCNCC2)CCCCCC1)C(F)(F)F. The molecule has 2 fully saturated rings. The van der Waals surface area contributed by atoms with Gasteiger partial charge >= 0.3 is 12.1 Å². The van der Waals surface area contributed by atoms with Crippen LogP contribution in [0.2, 0.25) is 0 Å². The van der Waals surface area contributed by atoms with E-state index >= 15 is 0 Å². The van der Waals surface area contributed by atoms with Crippen molar-refractivity contribution in [2.75, 3.05) is 32.7 Å². The van der Waals surface area contributed by atoms with Crippen molar-refractivity contribution in [1.29, 1.82) is 0 Å². The number of piperazine rings is 1. The Morgan fingerprint density at radius 1 is 1.10 bits per heavy atom. The second kappa shape index (κ2) is 6.96. The van der Waals surface area contributed by atoms with Crippen LogP contribution in [0.3, 0.4) is 0 Å². The Morgan fingerprint density at radius 2 is 1.67 bits per heavy atom. The van der Waals surface area contributed by atoms with Crippen molar-refractivity contribution in [2.45, 2.75) is 50.2 Å². The summed E-state index contributed by atoms with van der Waals surface area (Å²) >= 11 is 0. The van der Waals surface area contributed by atoms with E-state index in [4.69, 9.17) is 0 Å². The van der Waals surface area contributed by atoms with Gasteiger partial charge < -0.3 is 10.6 Å². The van der Waals surface area contributed by atoms with E-state index in [2.05, 4.69) is 15.5 Å². The van der Waals surface area contributed by atoms with Gasteiger partial charge in [0.05, 0.1) is 0 Å². The van der Waals surface area contributed by atoms with Gasteiger partial charge in [0.25, 0.3) is 0 Å². The highest BCUT2D eigenvalue weighted by molar-refractivity contribution is 5.81. The third-order valence-electron chi connectivity index (χ3n) is 4.66. The summed E-state index contributed by atoms with van der Waals surface area (Å²) in [6.07, 6.45) is 1.23. The van der Waals surface area contributed by atoms with Crippen molar-refractivity contribution in [3.05, 3.63) is 0 Å². The van der Waals surface area contributed by atoms with Gasteiger partial charge in [0.1, 0.15) is 0 Å². The number of hydrogen-bond acceptors (Lipinski definition) is 3. The molecule has 0 atom stereocenters. The normalized spacial score (nSPS) is 24.3. The highest BCUT2D eigenvalue weighted by Crippen LogP contribution is 2.32. The first-order chi connectivity index (χ1) is 9.94. The van der Waals surface area contributed by atoms with Crippen LogP contribution in [0.1, 0.15) is 38.5 Å². The van der Waals surface area contributed by atoms with Gasteiger partial charge in [-0.15, -0.1) is 0 Å². The Morgan fingerprint density at radius 3 is 2.19 bits per heavy atom. The van der Waals surface area contributed by atoms with Crippen LogP contribution in [0.25, 0.3) is 0 Å². The average molecular weight is 307 g/mol. The van der Waals surface area contributed by atoms with Crippen molar-refractivity contribution in [3.63, 3.8) is 0 Å². The Labute approximate surface area is 123 Å². The minimum Gasteiger partial charge on any atom is -0.346 e. The van der Waals surface area contributed by atoms with Crippen LogP contribution in [0, 0.1) is 0 Å². The van der Waals surface area contributed by atoms with Crippen LogP contribution in [-0.4, -0.2) is 55.2 Å². The zero-order chi connectivity index (χ0) is 15.3. The maximum atomic E-state index is 12.4. The number of carbonyl (C=O) groups excluding carboxylic acids is 1. The van der Waals surface area contributed by atoms with E-state index in [9.17, 15) is 18.0 Å². The second-order valence-electron chi connectivity index (χ2n) is 6.06. The molecule has 7 heteroatoms. The molecular weight excluding hydrogens is 283 g/mol. The molecule has 1 saturated carbocycles. The van der Waals surface area contributed by atoms with Crippen LogP contribution in [0.4, 0.5) is 13.2 Å². The lowest BCUT2D eigenvalue weighted by atomic mass is 9.87. The molecule has 21 heavy (non-hydrogen) atoms. The quantitative estimate of drug-likeness (QED) is 0.780. The highest BCUT2D eigenvalue weighted by Gasteiger charge is 2.42. The minimum atomic E-state index is -4.80. The summed E-state index contributed by atoms with van der Waals surface area (Å²) in [6, 6.07) is 0. The smallest absolute Gasteiger partial charge is 0.346 e. The molecular formula is C14H24F3N3O. The van der Waals surface area contributed by atoms with Crippen LogP contribution >= 0.6 is 0 Å². The standard InChI is InChI=1S/C14H24F3N3O/c15-14(16,17)12(21)19-11-13(5-3-1-2-4-6-13)20-9-7-18-8-10-20/h18H,1-11H2,(H,19,21). The number of rotatable bonds is 3. The summed E-state index contributed by atoms with van der Waals surface area (Å²) in [5.41, 5.74) is -0.306. The molecule has 1 saturated heterocycles. The van der Waals surface area contributed by atoms with Crippen molar-refractivity contribution in [2.24, 2.45) is 0 Å². The van der Waals surface area contributed by atoms with E-state index in [0.717, 1.165) is 64.7 Å². The lowest BCUT2D eigenvalue weighted by Crippen LogP contribution is -2.61. The number of nitrogens with zero attached hydrogens (tertiary/aromatic N) is 1. The third-order valence-corrected chi connectivity index (χ3v) is 4.66. The molecule has 1 amide bonds. The minimum absolute atomic E-state index is 0.103. The predicted octanol–water partition coefficient (Wildman–Crippen LogP) is 1.66. The van der Waals surface area contributed by atoms with Crippen LogP contribution in [0.5, 0.6) is 0 Å². The number of alkyl halides is 3. The van der Waals surface area contributed by atoms with E-state index < -0.39 is 12.1 Å². The average Bonchev–Trinajstić information content (AvgIpc) is 2.71. The molecule has 0 unspecified atom stereocenters.